The smallest absolute Gasteiger partial charge is 0.339 e. The third-order valence-corrected chi connectivity index (χ3v) is 3.88. The van der Waals surface area contributed by atoms with Gasteiger partial charge in [-0.15, -0.1) is 0 Å². The van der Waals surface area contributed by atoms with Crippen LogP contribution in [0.3, 0.4) is 0 Å². The molecule has 0 aliphatic heterocycles. The molecule has 0 radical (unpaired) electrons. The zero-order valence-corrected chi connectivity index (χ0v) is 14.5. The number of carbonyl (C=O) groups is 3. The number of aromatic nitrogens is 1. The second-order valence-electron chi connectivity index (χ2n) is 5.71. The number of carbonyl (C=O) groups excluding carboxylic acids is 3. The number of methoxy groups -OCH3 is 1. The van der Waals surface area contributed by atoms with Gasteiger partial charge in [-0.3, -0.25) is 9.59 Å². The van der Waals surface area contributed by atoms with Crippen molar-refractivity contribution in [1.82, 2.24) is 4.98 Å². The van der Waals surface area contributed by atoms with Crippen LogP contribution in [0.1, 0.15) is 44.6 Å². The number of rotatable bonds is 5. The van der Waals surface area contributed by atoms with Gasteiger partial charge in [-0.05, 0) is 37.1 Å². The second kappa shape index (κ2) is 7.29. The fraction of sp³-hybridized carbons (Fsp3) is 0.278. The molecule has 0 saturated carbocycles. The van der Waals surface area contributed by atoms with Gasteiger partial charge < -0.3 is 15.0 Å². The molecule has 2 rings (SSSR count). The summed E-state index contributed by atoms with van der Waals surface area (Å²) in [5, 5.41) is 2.61. The summed E-state index contributed by atoms with van der Waals surface area (Å²) in [6, 6.07) is 4.07. The molecule has 25 heavy (non-hydrogen) atoms. The van der Waals surface area contributed by atoms with Crippen LogP contribution in [-0.2, 0) is 16.0 Å². The van der Waals surface area contributed by atoms with Crippen molar-refractivity contribution >= 4 is 23.3 Å². The Morgan fingerprint density at radius 3 is 2.52 bits per heavy atom. The Bertz CT molecular complexity index is 855. The Labute approximate surface area is 144 Å². The number of amides is 1. The fourth-order valence-corrected chi connectivity index (χ4v) is 2.61. The maximum absolute atomic E-state index is 13.3. The van der Waals surface area contributed by atoms with Gasteiger partial charge in [0.25, 0.3) is 0 Å². The van der Waals surface area contributed by atoms with E-state index in [1.54, 1.807) is 19.9 Å². The van der Waals surface area contributed by atoms with Crippen molar-refractivity contribution in [1.29, 1.82) is 0 Å². The van der Waals surface area contributed by atoms with E-state index in [1.165, 1.54) is 26.2 Å². The lowest BCUT2D eigenvalue weighted by Crippen LogP contribution is -2.17. The Morgan fingerprint density at radius 2 is 1.92 bits per heavy atom. The Balaban J connectivity index is 2.31. The molecule has 0 aliphatic carbocycles. The molecule has 0 unspecified atom stereocenters. The number of hydrogen-bond acceptors (Lipinski definition) is 4. The summed E-state index contributed by atoms with van der Waals surface area (Å²) in [6.07, 6.45) is -0.186. The third-order valence-electron chi connectivity index (χ3n) is 3.88. The van der Waals surface area contributed by atoms with Crippen LogP contribution in [0, 0.1) is 19.7 Å². The van der Waals surface area contributed by atoms with Crippen molar-refractivity contribution in [2.75, 3.05) is 12.4 Å². The highest BCUT2D eigenvalue weighted by Gasteiger charge is 2.24. The molecule has 1 amide bonds. The van der Waals surface area contributed by atoms with Gasteiger partial charge in [0.2, 0.25) is 5.91 Å². The molecule has 2 aromatic rings. The predicted molar refractivity (Wildman–Crippen MR) is 90.3 cm³/mol. The molecule has 1 heterocycles. The van der Waals surface area contributed by atoms with Crippen LogP contribution in [0.15, 0.2) is 18.2 Å². The lowest BCUT2D eigenvalue weighted by Gasteiger charge is -2.09. The monoisotopic (exact) mass is 346 g/mol. The number of ether oxygens (including phenoxy) is 1. The first kappa shape index (κ1) is 18.4. The number of aromatic amines is 1. The molecule has 0 atom stereocenters. The lowest BCUT2D eigenvalue weighted by atomic mass is 10.1. The first-order chi connectivity index (χ1) is 11.7. The molecule has 1 aromatic carbocycles. The summed E-state index contributed by atoms with van der Waals surface area (Å²) >= 11 is 0. The first-order valence-electron chi connectivity index (χ1n) is 7.61. The van der Waals surface area contributed by atoms with Crippen LogP contribution < -0.4 is 5.32 Å². The topological polar surface area (TPSA) is 88.3 Å². The van der Waals surface area contributed by atoms with Gasteiger partial charge in [-0.2, -0.15) is 0 Å². The van der Waals surface area contributed by atoms with E-state index in [0.29, 0.717) is 16.8 Å². The maximum atomic E-state index is 13.3. The minimum Gasteiger partial charge on any atom is -0.465 e. The molecular weight excluding hydrogens is 327 g/mol. The number of Topliss-reactive ketones (excluding diaryl/α,β-unsaturated/α-hetero) is 1. The Morgan fingerprint density at radius 1 is 1.24 bits per heavy atom. The summed E-state index contributed by atoms with van der Waals surface area (Å²) in [6.45, 7) is 4.71. The zero-order chi connectivity index (χ0) is 18.7. The van der Waals surface area contributed by atoms with Gasteiger partial charge in [0.05, 0.1) is 24.8 Å². The van der Waals surface area contributed by atoms with E-state index in [1.807, 2.05) is 0 Å². The van der Waals surface area contributed by atoms with E-state index in [2.05, 4.69) is 10.3 Å². The molecule has 7 heteroatoms. The van der Waals surface area contributed by atoms with Crippen LogP contribution in [0.25, 0.3) is 0 Å². The van der Waals surface area contributed by atoms with Crippen molar-refractivity contribution in [3.8, 4) is 0 Å². The summed E-state index contributed by atoms with van der Waals surface area (Å²) in [4.78, 5) is 38.8. The van der Waals surface area contributed by atoms with Gasteiger partial charge in [0, 0.05) is 18.3 Å². The summed E-state index contributed by atoms with van der Waals surface area (Å²) in [5.41, 5.74) is 2.18. The number of esters is 1. The molecule has 0 fully saturated rings. The average molecular weight is 346 g/mol. The fourth-order valence-electron chi connectivity index (χ4n) is 2.61. The predicted octanol–water partition coefficient (Wildman–Crippen LogP) is 2.94. The molecule has 0 saturated heterocycles. The maximum Gasteiger partial charge on any atom is 0.339 e. The molecular formula is C18H19FN2O4. The van der Waals surface area contributed by atoms with Gasteiger partial charge in [-0.25, -0.2) is 9.18 Å². The summed E-state index contributed by atoms with van der Waals surface area (Å²) in [5.74, 6) is -1.80. The normalized spacial score (nSPS) is 10.4. The van der Waals surface area contributed by atoms with Crippen molar-refractivity contribution in [2.24, 2.45) is 0 Å². The molecule has 0 bridgehead atoms. The summed E-state index contributed by atoms with van der Waals surface area (Å²) < 4.78 is 18.1. The van der Waals surface area contributed by atoms with Crippen molar-refractivity contribution < 1.29 is 23.5 Å². The Hall–Kier alpha value is -2.96. The van der Waals surface area contributed by atoms with Crippen LogP contribution in [0.4, 0.5) is 10.1 Å². The number of nitrogens with one attached hydrogen (secondary N) is 2. The highest BCUT2D eigenvalue weighted by molar-refractivity contribution is 6.02. The number of hydrogen-bond donors (Lipinski definition) is 2. The van der Waals surface area contributed by atoms with Crippen LogP contribution in [0.2, 0.25) is 0 Å². The van der Waals surface area contributed by atoms with E-state index in [-0.39, 0.29) is 29.2 Å². The number of benzene rings is 1. The number of aryl methyl sites for hydroxylation is 1. The van der Waals surface area contributed by atoms with Gasteiger partial charge in [0.1, 0.15) is 5.82 Å². The standard InChI is InChI=1S/C18H19FN2O4/c1-9-5-6-12(19)7-13(9)20-15(23)8-14-16(18(24)25-4)10(2)17(21-14)11(3)22/h5-7,21H,8H2,1-4H3,(H,20,23). The molecule has 6 nitrogen and oxygen atoms in total. The number of halogens is 1. The molecule has 132 valence electrons. The van der Waals surface area contributed by atoms with Gasteiger partial charge in [0.15, 0.2) is 5.78 Å². The molecule has 1 aromatic heterocycles. The SMILES string of the molecule is COC(=O)c1c(CC(=O)Nc2cc(F)ccc2C)[nH]c(C(C)=O)c1C. The van der Waals surface area contributed by atoms with Crippen LogP contribution >= 0.6 is 0 Å². The number of anilines is 1. The van der Waals surface area contributed by atoms with E-state index >= 15 is 0 Å². The largest absolute Gasteiger partial charge is 0.465 e. The molecule has 2 N–H and O–H groups in total. The van der Waals surface area contributed by atoms with Crippen LogP contribution in [-0.4, -0.2) is 29.8 Å². The van der Waals surface area contributed by atoms with Crippen LogP contribution in [0.5, 0.6) is 0 Å². The zero-order valence-electron chi connectivity index (χ0n) is 14.5. The minimum absolute atomic E-state index is 0.166. The van der Waals surface area contributed by atoms with Gasteiger partial charge in [-0.1, -0.05) is 6.07 Å². The van der Waals surface area contributed by atoms with Gasteiger partial charge >= 0.3 is 5.97 Å². The molecule has 0 spiro atoms. The van der Waals surface area contributed by atoms with E-state index in [0.717, 1.165) is 0 Å². The Kier molecular flexibility index (Phi) is 5.36. The average Bonchev–Trinajstić information content (AvgIpc) is 2.86. The highest BCUT2D eigenvalue weighted by Crippen LogP contribution is 2.22. The summed E-state index contributed by atoms with van der Waals surface area (Å²) in [7, 11) is 1.22. The molecule has 0 aliphatic rings. The third kappa shape index (κ3) is 3.93. The van der Waals surface area contributed by atoms with E-state index in [9.17, 15) is 18.8 Å². The number of H-pyrrole nitrogens is 1. The number of ketones is 1. The highest BCUT2D eigenvalue weighted by atomic mass is 19.1. The minimum atomic E-state index is -0.633. The van der Waals surface area contributed by atoms with Crippen molar-refractivity contribution in [3.63, 3.8) is 0 Å². The first-order valence-corrected chi connectivity index (χ1v) is 7.61. The van der Waals surface area contributed by atoms with E-state index in [4.69, 9.17) is 4.74 Å². The van der Waals surface area contributed by atoms with E-state index < -0.39 is 17.7 Å². The van der Waals surface area contributed by atoms with Crippen molar-refractivity contribution in [3.05, 3.63) is 52.1 Å². The van der Waals surface area contributed by atoms with Crippen molar-refractivity contribution in [2.45, 2.75) is 27.2 Å². The quantitative estimate of drug-likeness (QED) is 0.643. The lowest BCUT2D eigenvalue weighted by molar-refractivity contribution is -0.115. The second-order valence-corrected chi connectivity index (χ2v) is 5.71.